The van der Waals surface area contributed by atoms with E-state index in [1.165, 1.54) is 24.7 Å². The Morgan fingerprint density at radius 1 is 1.19 bits per heavy atom. The normalized spacial score (nSPS) is 13.3. The van der Waals surface area contributed by atoms with E-state index < -0.39 is 30.9 Å². The zero-order valence-corrected chi connectivity index (χ0v) is 14.3. The number of ether oxygens (including phenoxy) is 3. The Morgan fingerprint density at radius 3 is 2.46 bits per heavy atom. The van der Waals surface area contributed by atoms with E-state index >= 15 is 0 Å². The van der Waals surface area contributed by atoms with Crippen LogP contribution in [0, 0.1) is 0 Å². The molecule has 2 unspecified atom stereocenters. The summed E-state index contributed by atoms with van der Waals surface area (Å²) in [5.41, 5.74) is 11.9. The number of carbonyl (C=O) groups is 2. The highest BCUT2D eigenvalue weighted by Gasteiger charge is 2.23. The number of nitrogens with zero attached hydrogens (tertiary/aromatic N) is 4. The number of carbonyl (C=O) groups excluding carboxylic acids is 2. The van der Waals surface area contributed by atoms with Crippen molar-refractivity contribution >= 4 is 34.9 Å². The van der Waals surface area contributed by atoms with E-state index in [9.17, 15) is 14.7 Å². The lowest BCUT2D eigenvalue weighted by Gasteiger charge is -2.24. The molecule has 142 valence electrons. The average molecular weight is 368 g/mol. The van der Waals surface area contributed by atoms with E-state index in [4.69, 9.17) is 25.7 Å². The summed E-state index contributed by atoms with van der Waals surface area (Å²) in [6.45, 7) is 1.64. The molecule has 2 atom stereocenters. The van der Waals surface area contributed by atoms with Gasteiger partial charge in [0.15, 0.2) is 17.7 Å². The Hall–Kier alpha value is -2.99. The third-order valence-corrected chi connectivity index (χ3v) is 3.23. The van der Waals surface area contributed by atoms with E-state index in [-0.39, 0.29) is 36.1 Å². The van der Waals surface area contributed by atoms with Gasteiger partial charge in [-0.25, -0.2) is 4.98 Å². The maximum atomic E-state index is 11.2. The van der Waals surface area contributed by atoms with Gasteiger partial charge in [-0.05, 0) is 0 Å². The Kier molecular flexibility index (Phi) is 6.25. The molecule has 0 bridgehead atoms. The fourth-order valence-electron chi connectivity index (χ4n) is 2.11. The highest BCUT2D eigenvalue weighted by Crippen LogP contribution is 2.22. The monoisotopic (exact) mass is 368 g/mol. The van der Waals surface area contributed by atoms with Crippen molar-refractivity contribution in [2.45, 2.75) is 26.2 Å². The van der Waals surface area contributed by atoms with Crippen LogP contribution in [0.5, 0.6) is 0 Å². The molecule has 0 spiro atoms. The number of rotatable bonds is 8. The standard InChI is InChI=1S/C14H20N6O6/c1-7(22)24-4-9(3-21)26-10(5-25-8(2)23)20-6-17-11-12(15)18-14(16)19-13(11)20/h6,9-10,21H,3-5H2,1-2H3,(H4,15,16,18,19). The summed E-state index contributed by atoms with van der Waals surface area (Å²) in [5, 5.41) is 9.45. The first-order valence-corrected chi connectivity index (χ1v) is 7.60. The first-order valence-electron chi connectivity index (χ1n) is 7.60. The van der Waals surface area contributed by atoms with Crippen LogP contribution >= 0.6 is 0 Å². The van der Waals surface area contributed by atoms with Crippen molar-refractivity contribution in [2.75, 3.05) is 31.3 Å². The van der Waals surface area contributed by atoms with Gasteiger partial charge in [0.1, 0.15) is 24.8 Å². The number of nitrogen functional groups attached to an aromatic ring is 2. The van der Waals surface area contributed by atoms with Crippen molar-refractivity contribution in [1.82, 2.24) is 19.5 Å². The molecule has 0 aliphatic rings. The predicted octanol–water partition coefficient (Wildman–Crippen LogP) is -1.01. The van der Waals surface area contributed by atoms with Crippen molar-refractivity contribution in [3.05, 3.63) is 6.33 Å². The number of aromatic nitrogens is 4. The molecule has 0 aliphatic heterocycles. The highest BCUT2D eigenvalue weighted by atomic mass is 16.6. The molecule has 2 aromatic rings. The minimum absolute atomic E-state index is 0.0680. The van der Waals surface area contributed by atoms with Gasteiger partial charge in [0.25, 0.3) is 0 Å². The second kappa shape index (κ2) is 8.40. The van der Waals surface area contributed by atoms with Gasteiger partial charge in [-0.3, -0.25) is 14.2 Å². The summed E-state index contributed by atoms with van der Waals surface area (Å²) in [6, 6.07) is 0. The zero-order chi connectivity index (χ0) is 19.3. The number of hydrogen-bond acceptors (Lipinski definition) is 11. The molecule has 0 aliphatic carbocycles. The zero-order valence-electron chi connectivity index (χ0n) is 14.3. The van der Waals surface area contributed by atoms with Gasteiger partial charge in [-0.15, -0.1) is 0 Å². The van der Waals surface area contributed by atoms with Crippen molar-refractivity contribution in [3.63, 3.8) is 0 Å². The Morgan fingerprint density at radius 2 is 1.85 bits per heavy atom. The van der Waals surface area contributed by atoms with Crippen LogP contribution in [0.2, 0.25) is 0 Å². The van der Waals surface area contributed by atoms with E-state index in [1.807, 2.05) is 0 Å². The lowest BCUT2D eigenvalue weighted by Crippen LogP contribution is -2.31. The second-order valence-corrected chi connectivity index (χ2v) is 5.29. The number of fused-ring (bicyclic) bond motifs is 1. The topological polar surface area (TPSA) is 178 Å². The Labute approximate surface area is 148 Å². The van der Waals surface area contributed by atoms with E-state index in [1.54, 1.807) is 0 Å². The second-order valence-electron chi connectivity index (χ2n) is 5.29. The molecule has 2 rings (SSSR count). The minimum atomic E-state index is -0.926. The maximum absolute atomic E-state index is 11.2. The first kappa shape index (κ1) is 19.3. The predicted molar refractivity (Wildman–Crippen MR) is 88.4 cm³/mol. The molecule has 2 aromatic heterocycles. The Balaban J connectivity index is 2.32. The number of hydrogen-bond donors (Lipinski definition) is 3. The number of esters is 2. The molecule has 0 saturated heterocycles. The van der Waals surface area contributed by atoms with Gasteiger partial charge in [-0.2, -0.15) is 9.97 Å². The van der Waals surface area contributed by atoms with Crippen molar-refractivity contribution in [2.24, 2.45) is 0 Å². The quantitative estimate of drug-likeness (QED) is 0.486. The summed E-state index contributed by atoms with van der Waals surface area (Å²) < 4.78 is 17.0. The summed E-state index contributed by atoms with van der Waals surface area (Å²) in [7, 11) is 0. The third kappa shape index (κ3) is 4.77. The molecule has 5 N–H and O–H groups in total. The smallest absolute Gasteiger partial charge is 0.302 e. The summed E-state index contributed by atoms with van der Waals surface area (Å²) in [5.74, 6) is -1.04. The summed E-state index contributed by atoms with van der Waals surface area (Å²) in [6.07, 6.45) is -0.428. The van der Waals surface area contributed by atoms with Crippen LogP contribution in [0.25, 0.3) is 11.2 Å². The molecule has 12 nitrogen and oxygen atoms in total. The molecule has 0 amide bonds. The van der Waals surface area contributed by atoms with Crippen LogP contribution in [0.4, 0.5) is 11.8 Å². The highest BCUT2D eigenvalue weighted by molar-refractivity contribution is 5.82. The third-order valence-electron chi connectivity index (χ3n) is 3.23. The van der Waals surface area contributed by atoms with Crippen LogP contribution in [-0.4, -0.2) is 62.5 Å². The number of imidazole rings is 1. The molecule has 12 heteroatoms. The maximum Gasteiger partial charge on any atom is 0.302 e. The molecule has 0 fully saturated rings. The van der Waals surface area contributed by atoms with Gasteiger partial charge in [0.05, 0.1) is 12.9 Å². The molecular weight excluding hydrogens is 348 g/mol. The minimum Gasteiger partial charge on any atom is -0.463 e. The van der Waals surface area contributed by atoms with Gasteiger partial charge in [0.2, 0.25) is 5.95 Å². The van der Waals surface area contributed by atoms with Gasteiger partial charge >= 0.3 is 11.9 Å². The van der Waals surface area contributed by atoms with Gasteiger partial charge in [-0.1, -0.05) is 0 Å². The summed E-state index contributed by atoms with van der Waals surface area (Å²) in [4.78, 5) is 34.1. The average Bonchev–Trinajstić information content (AvgIpc) is 2.98. The van der Waals surface area contributed by atoms with Crippen molar-refractivity contribution in [3.8, 4) is 0 Å². The van der Waals surface area contributed by atoms with E-state index in [0.717, 1.165) is 0 Å². The largest absolute Gasteiger partial charge is 0.463 e. The van der Waals surface area contributed by atoms with Crippen LogP contribution < -0.4 is 11.5 Å². The fourth-order valence-corrected chi connectivity index (χ4v) is 2.11. The summed E-state index contributed by atoms with van der Waals surface area (Å²) >= 11 is 0. The molecule has 0 radical (unpaired) electrons. The fraction of sp³-hybridized carbons (Fsp3) is 0.500. The van der Waals surface area contributed by atoms with Crippen molar-refractivity contribution < 1.29 is 28.9 Å². The molecule has 0 aromatic carbocycles. The SMILES string of the molecule is CC(=O)OCC(CO)OC(COC(C)=O)n1cnc2c(N)nc(N)nc21. The van der Waals surface area contributed by atoms with Gasteiger partial charge in [0, 0.05) is 13.8 Å². The lowest BCUT2D eigenvalue weighted by molar-refractivity contribution is -0.162. The van der Waals surface area contributed by atoms with Crippen LogP contribution in [0.15, 0.2) is 6.33 Å². The van der Waals surface area contributed by atoms with E-state index in [2.05, 4.69) is 15.0 Å². The molecule has 2 heterocycles. The molecular formula is C14H20N6O6. The number of aliphatic hydroxyl groups is 1. The number of anilines is 2. The van der Waals surface area contributed by atoms with Gasteiger partial charge < -0.3 is 30.8 Å². The van der Waals surface area contributed by atoms with E-state index in [0.29, 0.717) is 0 Å². The van der Waals surface area contributed by atoms with Crippen LogP contribution in [0.3, 0.4) is 0 Å². The molecule has 26 heavy (non-hydrogen) atoms. The number of aliphatic hydroxyl groups excluding tert-OH is 1. The molecule has 0 saturated carbocycles. The first-order chi connectivity index (χ1) is 12.3. The number of nitrogens with two attached hydrogens (primary N) is 2. The van der Waals surface area contributed by atoms with Crippen LogP contribution in [-0.2, 0) is 23.8 Å². The van der Waals surface area contributed by atoms with Crippen molar-refractivity contribution in [1.29, 1.82) is 0 Å². The lowest BCUT2D eigenvalue weighted by atomic mass is 10.4. The Bertz CT molecular complexity index is 794. The van der Waals surface area contributed by atoms with Crippen LogP contribution in [0.1, 0.15) is 20.1 Å².